The van der Waals surface area contributed by atoms with Crippen LogP contribution in [0, 0.1) is 0 Å². The van der Waals surface area contributed by atoms with Gasteiger partial charge in [-0.2, -0.15) is 11.3 Å². The summed E-state index contributed by atoms with van der Waals surface area (Å²) in [7, 11) is 0. The van der Waals surface area contributed by atoms with Crippen molar-refractivity contribution >= 4 is 17.2 Å². The Morgan fingerprint density at radius 3 is 2.50 bits per heavy atom. The predicted octanol–water partition coefficient (Wildman–Crippen LogP) is 3.56. The van der Waals surface area contributed by atoms with Gasteiger partial charge in [-0.25, -0.2) is 0 Å². The Bertz CT molecular complexity index is 529. The molecule has 0 aliphatic heterocycles. The summed E-state index contributed by atoms with van der Waals surface area (Å²) < 4.78 is 0. The first-order chi connectivity index (χ1) is 8.80. The van der Waals surface area contributed by atoms with E-state index in [1.807, 2.05) is 35.0 Å². The van der Waals surface area contributed by atoms with E-state index in [1.165, 1.54) is 12.0 Å². The van der Waals surface area contributed by atoms with Crippen LogP contribution in [0.15, 0.2) is 47.2 Å². The second-order valence-corrected chi connectivity index (χ2v) is 5.55. The quantitative estimate of drug-likeness (QED) is 0.895. The van der Waals surface area contributed by atoms with E-state index in [4.69, 9.17) is 0 Å². The van der Waals surface area contributed by atoms with Crippen LogP contribution in [0.5, 0.6) is 0 Å². The first-order valence-electron chi connectivity index (χ1n) is 6.20. The number of rotatable bonds is 3. The number of hydrogen-bond donors (Lipinski definition) is 1. The second kappa shape index (κ2) is 4.58. The number of benzene rings is 1. The number of nitrogens with one attached hydrogen (secondary N) is 1. The van der Waals surface area contributed by atoms with Crippen molar-refractivity contribution in [1.82, 2.24) is 5.32 Å². The zero-order valence-electron chi connectivity index (χ0n) is 10.1. The lowest BCUT2D eigenvalue weighted by atomic mass is 9.71. The summed E-state index contributed by atoms with van der Waals surface area (Å²) in [4.78, 5) is 12.2. The third kappa shape index (κ3) is 1.95. The van der Waals surface area contributed by atoms with Crippen LogP contribution >= 0.6 is 11.3 Å². The highest BCUT2D eigenvalue weighted by molar-refractivity contribution is 7.08. The molecule has 0 bridgehead atoms. The van der Waals surface area contributed by atoms with Gasteiger partial charge in [0.1, 0.15) is 0 Å². The van der Waals surface area contributed by atoms with Crippen LogP contribution in [0.3, 0.4) is 0 Å². The molecule has 1 aromatic heterocycles. The largest absolute Gasteiger partial charge is 0.342 e. The van der Waals surface area contributed by atoms with Crippen molar-refractivity contribution in [2.75, 3.05) is 0 Å². The molecule has 0 atom stereocenters. The number of hydrogen-bond acceptors (Lipinski definition) is 2. The van der Waals surface area contributed by atoms with Crippen LogP contribution in [-0.2, 0) is 5.54 Å². The van der Waals surface area contributed by atoms with Crippen LogP contribution in [-0.4, -0.2) is 5.91 Å². The van der Waals surface area contributed by atoms with Crippen LogP contribution in [0.1, 0.15) is 35.2 Å². The highest BCUT2D eigenvalue weighted by atomic mass is 32.1. The number of amides is 1. The molecule has 18 heavy (non-hydrogen) atoms. The standard InChI is InChI=1S/C15H15NOS/c17-14(12-7-10-18-11-12)16-15(8-4-9-15)13-5-2-1-3-6-13/h1-3,5-7,10-11H,4,8-9H2,(H,16,17). The first-order valence-corrected chi connectivity index (χ1v) is 7.15. The van der Waals surface area contributed by atoms with Gasteiger partial charge in [-0.05, 0) is 36.3 Å². The Labute approximate surface area is 111 Å². The topological polar surface area (TPSA) is 29.1 Å². The maximum absolute atomic E-state index is 12.2. The molecule has 0 radical (unpaired) electrons. The van der Waals surface area contributed by atoms with Crippen molar-refractivity contribution in [3.8, 4) is 0 Å². The third-order valence-electron chi connectivity index (χ3n) is 3.67. The van der Waals surface area contributed by atoms with Crippen molar-refractivity contribution in [2.45, 2.75) is 24.8 Å². The van der Waals surface area contributed by atoms with Gasteiger partial charge < -0.3 is 5.32 Å². The van der Waals surface area contributed by atoms with Gasteiger partial charge in [0.25, 0.3) is 5.91 Å². The van der Waals surface area contributed by atoms with Gasteiger partial charge in [-0.1, -0.05) is 30.3 Å². The van der Waals surface area contributed by atoms with Crippen LogP contribution in [0.4, 0.5) is 0 Å². The van der Waals surface area contributed by atoms with Gasteiger partial charge >= 0.3 is 0 Å². The Balaban J connectivity index is 1.83. The molecule has 3 heteroatoms. The van der Waals surface area contributed by atoms with Gasteiger partial charge in [0, 0.05) is 5.38 Å². The molecule has 2 aromatic rings. The molecule has 0 saturated heterocycles. The van der Waals surface area contributed by atoms with Gasteiger partial charge in [0.2, 0.25) is 0 Å². The normalized spacial score (nSPS) is 16.9. The molecular formula is C15H15NOS. The minimum absolute atomic E-state index is 0.0415. The lowest BCUT2D eigenvalue weighted by Gasteiger charge is -2.43. The van der Waals surface area contributed by atoms with Crippen molar-refractivity contribution in [3.05, 3.63) is 58.3 Å². The van der Waals surface area contributed by atoms with Gasteiger partial charge in [0.05, 0.1) is 11.1 Å². The summed E-state index contributed by atoms with van der Waals surface area (Å²) in [6.07, 6.45) is 3.25. The highest BCUT2D eigenvalue weighted by Gasteiger charge is 2.39. The molecule has 92 valence electrons. The van der Waals surface area contributed by atoms with E-state index in [-0.39, 0.29) is 11.4 Å². The van der Waals surface area contributed by atoms with E-state index < -0.39 is 0 Å². The zero-order valence-corrected chi connectivity index (χ0v) is 10.9. The summed E-state index contributed by atoms with van der Waals surface area (Å²) >= 11 is 1.55. The summed E-state index contributed by atoms with van der Waals surface area (Å²) in [5.74, 6) is 0.0415. The Morgan fingerprint density at radius 2 is 1.94 bits per heavy atom. The number of thiophene rings is 1. The summed E-state index contributed by atoms with van der Waals surface area (Å²) in [6.45, 7) is 0. The Kier molecular flexibility index (Phi) is 2.92. The minimum atomic E-state index is -0.139. The lowest BCUT2D eigenvalue weighted by molar-refractivity contribution is 0.0824. The summed E-state index contributed by atoms with van der Waals surface area (Å²) in [5, 5.41) is 7.05. The van der Waals surface area contributed by atoms with Crippen LogP contribution in [0.2, 0.25) is 0 Å². The molecule has 1 N–H and O–H groups in total. The number of carbonyl (C=O) groups excluding carboxylic acids is 1. The van der Waals surface area contributed by atoms with E-state index in [9.17, 15) is 4.79 Å². The Morgan fingerprint density at radius 1 is 1.17 bits per heavy atom. The molecule has 3 rings (SSSR count). The summed E-state index contributed by atoms with van der Waals surface area (Å²) in [5.41, 5.74) is 1.85. The molecule has 1 heterocycles. The van der Waals surface area contributed by atoms with Crippen molar-refractivity contribution < 1.29 is 4.79 Å². The van der Waals surface area contributed by atoms with E-state index >= 15 is 0 Å². The van der Waals surface area contributed by atoms with E-state index in [1.54, 1.807) is 11.3 Å². The molecule has 1 fully saturated rings. The van der Waals surface area contributed by atoms with E-state index in [0.29, 0.717) is 0 Å². The van der Waals surface area contributed by atoms with Gasteiger partial charge in [-0.3, -0.25) is 4.79 Å². The number of carbonyl (C=O) groups is 1. The maximum Gasteiger partial charge on any atom is 0.252 e. The molecule has 2 nitrogen and oxygen atoms in total. The predicted molar refractivity (Wildman–Crippen MR) is 73.8 cm³/mol. The molecule has 1 aromatic carbocycles. The van der Waals surface area contributed by atoms with Crippen molar-refractivity contribution in [3.63, 3.8) is 0 Å². The zero-order chi connectivity index (χ0) is 12.4. The van der Waals surface area contributed by atoms with Crippen molar-refractivity contribution in [1.29, 1.82) is 0 Å². The summed E-state index contributed by atoms with van der Waals surface area (Å²) in [6, 6.07) is 12.2. The van der Waals surface area contributed by atoms with Crippen LogP contribution < -0.4 is 5.32 Å². The molecule has 1 aliphatic rings. The molecule has 0 unspecified atom stereocenters. The van der Waals surface area contributed by atoms with Gasteiger partial charge in [-0.15, -0.1) is 0 Å². The SMILES string of the molecule is O=C(NC1(c2ccccc2)CCC1)c1ccsc1. The molecule has 0 spiro atoms. The Hall–Kier alpha value is -1.61. The average molecular weight is 257 g/mol. The first kappa shape index (κ1) is 11.5. The smallest absolute Gasteiger partial charge is 0.252 e. The molecular weight excluding hydrogens is 242 g/mol. The molecule has 1 amide bonds. The maximum atomic E-state index is 12.2. The van der Waals surface area contributed by atoms with Crippen molar-refractivity contribution in [2.24, 2.45) is 0 Å². The van der Waals surface area contributed by atoms with E-state index in [0.717, 1.165) is 18.4 Å². The second-order valence-electron chi connectivity index (χ2n) is 4.77. The van der Waals surface area contributed by atoms with Gasteiger partial charge in [0.15, 0.2) is 0 Å². The molecule has 1 saturated carbocycles. The minimum Gasteiger partial charge on any atom is -0.342 e. The fraction of sp³-hybridized carbons (Fsp3) is 0.267. The third-order valence-corrected chi connectivity index (χ3v) is 4.35. The fourth-order valence-electron chi connectivity index (χ4n) is 2.46. The van der Waals surface area contributed by atoms with Crippen LogP contribution in [0.25, 0.3) is 0 Å². The fourth-order valence-corrected chi connectivity index (χ4v) is 3.09. The van der Waals surface area contributed by atoms with E-state index in [2.05, 4.69) is 17.4 Å². The monoisotopic (exact) mass is 257 g/mol. The molecule has 1 aliphatic carbocycles. The lowest BCUT2D eigenvalue weighted by Crippen LogP contribution is -2.50. The average Bonchev–Trinajstić information content (AvgIpc) is 2.88. The highest BCUT2D eigenvalue weighted by Crippen LogP contribution is 2.41.